The molecule has 188 valence electrons. The Morgan fingerprint density at radius 1 is 1.22 bits per heavy atom. The summed E-state index contributed by atoms with van der Waals surface area (Å²) in [4.78, 5) is 24.4. The normalized spacial score (nSPS) is 18.1. The predicted molar refractivity (Wildman–Crippen MR) is 135 cm³/mol. The molecule has 2 atom stereocenters. The molecule has 0 radical (unpaired) electrons. The van der Waals surface area contributed by atoms with Crippen LogP contribution >= 0.6 is 0 Å². The van der Waals surface area contributed by atoms with E-state index in [1.807, 2.05) is 6.07 Å². The van der Waals surface area contributed by atoms with E-state index < -0.39 is 11.7 Å². The molecule has 1 amide bonds. The van der Waals surface area contributed by atoms with Crippen LogP contribution in [0.4, 0.5) is 15.8 Å². The van der Waals surface area contributed by atoms with Crippen molar-refractivity contribution in [3.05, 3.63) is 47.5 Å². The highest BCUT2D eigenvalue weighted by atomic mass is 19.1. The molecule has 1 fully saturated rings. The monoisotopic (exact) mass is 493 g/mol. The van der Waals surface area contributed by atoms with E-state index in [4.69, 9.17) is 4.74 Å². The van der Waals surface area contributed by atoms with Crippen molar-refractivity contribution >= 4 is 39.1 Å². The third-order valence-electron chi connectivity index (χ3n) is 6.45. The minimum absolute atomic E-state index is 0.131. The summed E-state index contributed by atoms with van der Waals surface area (Å²) < 4.78 is 21.4. The van der Waals surface area contributed by atoms with E-state index in [1.54, 1.807) is 25.4 Å². The highest BCUT2D eigenvalue weighted by Gasteiger charge is 2.25. The van der Waals surface area contributed by atoms with Gasteiger partial charge in [-0.2, -0.15) is 10.1 Å². The van der Waals surface area contributed by atoms with E-state index in [-0.39, 0.29) is 23.8 Å². The van der Waals surface area contributed by atoms with Crippen LogP contribution in [0.25, 0.3) is 21.8 Å². The number of carbonyl (C=O) groups excluding carboxylic acids is 1. The first kappa shape index (κ1) is 23.9. The second-order valence-corrected chi connectivity index (χ2v) is 9.16. The number of hydrogen-bond acceptors (Lipinski definition) is 8. The summed E-state index contributed by atoms with van der Waals surface area (Å²) in [5.41, 5.74) is 2.50. The molecule has 1 saturated heterocycles. The zero-order chi connectivity index (χ0) is 25.6. The van der Waals surface area contributed by atoms with Crippen LogP contribution in [0.3, 0.4) is 0 Å². The van der Waals surface area contributed by atoms with Crippen LogP contribution in [0, 0.1) is 5.82 Å². The molecule has 0 bridgehead atoms. The van der Waals surface area contributed by atoms with Crippen LogP contribution in [-0.4, -0.2) is 63.0 Å². The number of anilines is 2. The molecule has 36 heavy (non-hydrogen) atoms. The first-order valence-electron chi connectivity index (χ1n) is 11.7. The molecule has 0 aliphatic carbocycles. The average Bonchev–Trinajstić information content (AvgIpc) is 3.17. The van der Waals surface area contributed by atoms with E-state index in [9.17, 15) is 14.3 Å². The summed E-state index contributed by atoms with van der Waals surface area (Å²) in [7, 11) is 3.10. The lowest BCUT2D eigenvalue weighted by Crippen LogP contribution is -2.54. The molecule has 0 saturated carbocycles. The minimum Gasteiger partial charge on any atom is -0.467 e. The summed E-state index contributed by atoms with van der Waals surface area (Å²) >= 11 is 0. The molecular formula is C25H28FN7O3. The lowest BCUT2D eigenvalue weighted by Gasteiger charge is -2.38. The number of hydrogen-bond donors (Lipinski definition) is 3. The van der Waals surface area contributed by atoms with Crippen LogP contribution in [0.2, 0.25) is 0 Å². The molecular weight excluding hydrogens is 465 g/mol. The summed E-state index contributed by atoms with van der Waals surface area (Å²) in [6, 6.07) is 7.17. The smallest absolute Gasteiger partial charge is 0.316 e. The number of ether oxygens (including phenoxy) is 1. The number of aliphatic hydroxyl groups is 1. The van der Waals surface area contributed by atoms with Gasteiger partial charge in [-0.15, -0.1) is 0 Å². The van der Waals surface area contributed by atoms with Gasteiger partial charge >= 0.3 is 6.01 Å². The van der Waals surface area contributed by atoms with Crippen LogP contribution in [0.15, 0.2) is 30.5 Å². The fraction of sp³-hybridized carbons (Fsp3) is 0.360. The zero-order valence-electron chi connectivity index (χ0n) is 20.5. The second kappa shape index (κ2) is 9.32. The number of benzene rings is 2. The van der Waals surface area contributed by atoms with Gasteiger partial charge in [0.1, 0.15) is 5.52 Å². The number of methoxy groups -OCH3 is 1. The van der Waals surface area contributed by atoms with Crippen molar-refractivity contribution in [2.24, 2.45) is 7.05 Å². The van der Waals surface area contributed by atoms with Crippen molar-refractivity contribution in [1.82, 2.24) is 25.1 Å². The van der Waals surface area contributed by atoms with Crippen molar-refractivity contribution < 1.29 is 19.0 Å². The Balaban J connectivity index is 1.55. The van der Waals surface area contributed by atoms with Crippen LogP contribution in [0.1, 0.15) is 29.9 Å². The van der Waals surface area contributed by atoms with Crippen molar-refractivity contribution in [3.8, 4) is 6.01 Å². The van der Waals surface area contributed by atoms with Crippen molar-refractivity contribution in [2.45, 2.75) is 32.5 Å². The number of aryl methyl sites for hydroxylation is 1. The van der Waals surface area contributed by atoms with E-state index in [2.05, 4.69) is 44.4 Å². The molecule has 3 heterocycles. The number of halogens is 1. The maximum atomic E-state index is 14.7. The average molecular weight is 494 g/mol. The second-order valence-electron chi connectivity index (χ2n) is 9.16. The summed E-state index contributed by atoms with van der Waals surface area (Å²) in [5, 5.41) is 21.2. The number of fused-ring (bicyclic) bond motifs is 2. The highest BCUT2D eigenvalue weighted by Crippen LogP contribution is 2.31. The summed E-state index contributed by atoms with van der Waals surface area (Å²) in [6.45, 7) is 5.55. The number of nitrogens with one attached hydrogen (secondary N) is 2. The lowest BCUT2D eigenvalue weighted by molar-refractivity contribution is 0.102. The van der Waals surface area contributed by atoms with Gasteiger partial charge in [0.15, 0.2) is 5.82 Å². The topological polar surface area (TPSA) is 117 Å². The number of nitrogens with zero attached hydrogens (tertiary/aromatic N) is 5. The van der Waals surface area contributed by atoms with E-state index in [0.717, 1.165) is 24.2 Å². The summed E-state index contributed by atoms with van der Waals surface area (Å²) in [6.07, 6.45) is 1.67. The fourth-order valence-corrected chi connectivity index (χ4v) is 4.93. The van der Waals surface area contributed by atoms with Gasteiger partial charge in [0.2, 0.25) is 0 Å². The predicted octanol–water partition coefficient (Wildman–Crippen LogP) is 2.60. The van der Waals surface area contributed by atoms with Crippen molar-refractivity contribution in [2.75, 3.05) is 30.4 Å². The Morgan fingerprint density at radius 3 is 2.67 bits per heavy atom. The van der Waals surface area contributed by atoms with E-state index >= 15 is 0 Å². The van der Waals surface area contributed by atoms with Gasteiger partial charge in [-0.05, 0) is 38.1 Å². The first-order chi connectivity index (χ1) is 17.3. The molecule has 1 aliphatic heterocycles. The number of amides is 1. The van der Waals surface area contributed by atoms with Crippen molar-refractivity contribution in [3.63, 3.8) is 0 Å². The number of rotatable bonds is 5. The Morgan fingerprint density at radius 2 is 1.97 bits per heavy atom. The van der Waals surface area contributed by atoms with Crippen LogP contribution in [0.5, 0.6) is 6.01 Å². The van der Waals surface area contributed by atoms with E-state index in [0.29, 0.717) is 34.2 Å². The first-order valence-corrected chi connectivity index (χ1v) is 11.7. The summed E-state index contributed by atoms with van der Waals surface area (Å²) in [5.74, 6) is -1.05. The van der Waals surface area contributed by atoms with Gasteiger partial charge in [-0.25, -0.2) is 9.37 Å². The fourth-order valence-electron chi connectivity index (χ4n) is 4.93. The van der Waals surface area contributed by atoms with Crippen LogP contribution in [-0.2, 0) is 13.7 Å². The molecule has 3 N–H and O–H groups in total. The third-order valence-corrected chi connectivity index (χ3v) is 6.45. The highest BCUT2D eigenvalue weighted by molar-refractivity contribution is 6.14. The Labute approximate surface area is 207 Å². The van der Waals surface area contributed by atoms with Gasteiger partial charge < -0.3 is 25.4 Å². The van der Waals surface area contributed by atoms with E-state index in [1.165, 1.54) is 17.9 Å². The van der Waals surface area contributed by atoms with Crippen LogP contribution < -0.4 is 20.3 Å². The Bertz CT molecular complexity index is 1460. The number of piperazine rings is 1. The number of carbonyl (C=O) groups is 1. The lowest BCUT2D eigenvalue weighted by atomic mass is 10.0. The minimum atomic E-state index is -0.593. The van der Waals surface area contributed by atoms with Gasteiger partial charge in [-0.1, -0.05) is 0 Å². The molecule has 2 aromatic carbocycles. The molecule has 5 rings (SSSR count). The maximum absolute atomic E-state index is 14.7. The van der Waals surface area contributed by atoms with Crippen molar-refractivity contribution in [1.29, 1.82) is 0 Å². The molecule has 10 nitrogen and oxygen atoms in total. The van der Waals surface area contributed by atoms with Gasteiger partial charge in [0.25, 0.3) is 5.91 Å². The molecule has 0 unspecified atom stereocenters. The van der Waals surface area contributed by atoms with Gasteiger partial charge in [0, 0.05) is 60.6 Å². The molecule has 11 heteroatoms. The molecule has 4 aromatic rings. The largest absolute Gasteiger partial charge is 0.467 e. The molecule has 0 spiro atoms. The molecule has 1 aliphatic rings. The van der Waals surface area contributed by atoms with Gasteiger partial charge in [0.05, 0.1) is 30.5 Å². The quantitative estimate of drug-likeness (QED) is 0.388. The zero-order valence-corrected chi connectivity index (χ0v) is 20.5. The third kappa shape index (κ3) is 4.20. The Hall–Kier alpha value is -3.83. The number of aliphatic hydroxyl groups excluding tert-OH is 1. The maximum Gasteiger partial charge on any atom is 0.316 e. The standard InChI is InChI=1S/C25H28FN7O3/c1-13-10-33(11-14(2)28-13)20-6-5-16(22-18(20)9-27-25(30-22)36-4)24(35)29-15-7-17-21(12-34)32(3)31-23(17)19(26)8-15/h5-9,13-14,28,34H,10-12H2,1-4H3,(H,29,35)/t13-,14-/m1/s1. The number of aromatic nitrogens is 4. The Kier molecular flexibility index (Phi) is 6.19. The molecule has 2 aromatic heterocycles. The van der Waals surface area contributed by atoms with Gasteiger partial charge in [-0.3, -0.25) is 9.48 Å². The SMILES string of the molecule is COc1ncc2c(N3C[C@@H](C)N[C@H](C)C3)ccc(C(=O)Nc3cc(F)c4nn(C)c(CO)c4c3)c2n1.